The fourth-order valence-corrected chi connectivity index (χ4v) is 3.39. The molecule has 156 valence electrons. The van der Waals surface area contributed by atoms with E-state index >= 15 is 0 Å². The number of methoxy groups -OCH3 is 2. The molecule has 0 N–H and O–H groups in total. The Morgan fingerprint density at radius 1 is 0.871 bits per heavy atom. The molecule has 0 aliphatic rings. The summed E-state index contributed by atoms with van der Waals surface area (Å²) < 4.78 is 16.8. The van der Waals surface area contributed by atoms with Crippen LogP contribution in [0.1, 0.15) is 15.9 Å². The second kappa shape index (κ2) is 9.06. The molecule has 0 unspecified atom stereocenters. The number of nitrogens with zero attached hydrogens (tertiary/aromatic N) is 1. The maximum absolute atomic E-state index is 12.6. The molecule has 0 amide bonds. The predicted molar refractivity (Wildman–Crippen MR) is 121 cm³/mol. The van der Waals surface area contributed by atoms with Crippen LogP contribution in [0.25, 0.3) is 10.9 Å². The number of carbonyl (C=O) groups is 1. The number of ether oxygens (including phenoxy) is 3. The van der Waals surface area contributed by atoms with Gasteiger partial charge in [-0.1, -0.05) is 23.7 Å². The van der Waals surface area contributed by atoms with Crippen molar-refractivity contribution in [2.24, 2.45) is 0 Å². The minimum absolute atomic E-state index is 0.0278. The molecule has 1 heterocycles. The molecule has 3 aromatic carbocycles. The first-order valence-corrected chi connectivity index (χ1v) is 10.0. The summed E-state index contributed by atoms with van der Waals surface area (Å²) in [5.41, 5.74) is 2.26. The van der Waals surface area contributed by atoms with Crippen LogP contribution in [-0.4, -0.2) is 25.0 Å². The summed E-state index contributed by atoms with van der Waals surface area (Å²) >= 11 is 5.90. The third-order valence-electron chi connectivity index (χ3n) is 4.89. The number of benzene rings is 3. The fraction of sp³-hybridized carbons (Fsp3) is 0.120. The monoisotopic (exact) mass is 433 g/mol. The highest BCUT2D eigenvalue weighted by atomic mass is 35.5. The maximum atomic E-state index is 12.6. The maximum Gasteiger partial charge on any atom is 0.167 e. The molecule has 0 bridgehead atoms. The zero-order chi connectivity index (χ0) is 21.8. The number of pyridine rings is 1. The van der Waals surface area contributed by atoms with Crippen LogP contribution in [0, 0.1) is 0 Å². The molecule has 0 saturated carbocycles. The smallest absolute Gasteiger partial charge is 0.167 e. The van der Waals surface area contributed by atoms with Gasteiger partial charge in [0.25, 0.3) is 0 Å². The molecule has 0 atom stereocenters. The number of hydrogen-bond acceptors (Lipinski definition) is 5. The van der Waals surface area contributed by atoms with Gasteiger partial charge in [0, 0.05) is 34.7 Å². The van der Waals surface area contributed by atoms with E-state index in [0.717, 1.165) is 16.5 Å². The number of ketones is 1. The topological polar surface area (TPSA) is 57.7 Å². The first kappa shape index (κ1) is 20.7. The number of rotatable bonds is 7. The number of fused-ring (bicyclic) bond motifs is 1. The Hall–Kier alpha value is -3.57. The lowest BCUT2D eigenvalue weighted by Gasteiger charge is -2.12. The van der Waals surface area contributed by atoms with E-state index in [1.54, 1.807) is 68.9 Å². The van der Waals surface area contributed by atoms with Gasteiger partial charge in [-0.25, -0.2) is 0 Å². The van der Waals surface area contributed by atoms with Crippen LogP contribution in [0.2, 0.25) is 5.02 Å². The molecule has 0 aliphatic heterocycles. The highest BCUT2D eigenvalue weighted by Crippen LogP contribution is 2.36. The van der Waals surface area contributed by atoms with Gasteiger partial charge in [0.15, 0.2) is 17.3 Å². The molecule has 4 aromatic rings. The van der Waals surface area contributed by atoms with E-state index in [2.05, 4.69) is 4.98 Å². The van der Waals surface area contributed by atoms with Gasteiger partial charge < -0.3 is 14.2 Å². The largest absolute Gasteiger partial charge is 0.493 e. The summed E-state index contributed by atoms with van der Waals surface area (Å²) in [6.45, 7) is 0. The second-order valence-corrected chi connectivity index (χ2v) is 7.32. The average molecular weight is 434 g/mol. The van der Waals surface area contributed by atoms with Crippen molar-refractivity contribution < 1.29 is 19.0 Å². The Morgan fingerprint density at radius 2 is 1.55 bits per heavy atom. The van der Waals surface area contributed by atoms with E-state index < -0.39 is 0 Å². The van der Waals surface area contributed by atoms with E-state index in [1.165, 1.54) is 0 Å². The van der Waals surface area contributed by atoms with Gasteiger partial charge in [0.05, 0.1) is 19.7 Å². The van der Waals surface area contributed by atoms with E-state index in [0.29, 0.717) is 40.0 Å². The van der Waals surface area contributed by atoms with Crippen molar-refractivity contribution in [2.45, 2.75) is 6.42 Å². The Bertz CT molecular complexity index is 1220. The van der Waals surface area contributed by atoms with E-state index in [-0.39, 0.29) is 5.78 Å². The van der Waals surface area contributed by atoms with Gasteiger partial charge in [-0.05, 0) is 54.1 Å². The minimum atomic E-state index is 0.0278. The van der Waals surface area contributed by atoms with Gasteiger partial charge in [-0.2, -0.15) is 0 Å². The molecular weight excluding hydrogens is 414 g/mol. The molecule has 5 nitrogen and oxygen atoms in total. The van der Waals surface area contributed by atoms with Gasteiger partial charge in [0.1, 0.15) is 11.5 Å². The lowest BCUT2D eigenvalue weighted by atomic mass is 10.0. The number of Topliss-reactive ketones (excluding diaryl/α,β-unsaturated/α-hetero) is 1. The third-order valence-corrected chi connectivity index (χ3v) is 5.14. The van der Waals surface area contributed by atoms with Gasteiger partial charge >= 0.3 is 0 Å². The third kappa shape index (κ3) is 4.62. The summed E-state index contributed by atoms with van der Waals surface area (Å²) in [7, 11) is 3.17. The fourth-order valence-electron chi connectivity index (χ4n) is 3.26. The van der Waals surface area contributed by atoms with Gasteiger partial charge in [-0.3, -0.25) is 9.78 Å². The molecule has 4 rings (SSSR count). The van der Waals surface area contributed by atoms with Gasteiger partial charge in [0.2, 0.25) is 0 Å². The Balaban J connectivity index is 1.54. The Morgan fingerprint density at radius 3 is 2.23 bits per heavy atom. The van der Waals surface area contributed by atoms with Gasteiger partial charge in [-0.15, -0.1) is 0 Å². The van der Waals surface area contributed by atoms with Crippen LogP contribution in [0.4, 0.5) is 0 Å². The van der Waals surface area contributed by atoms with Crippen molar-refractivity contribution >= 4 is 28.3 Å². The summed E-state index contributed by atoms with van der Waals surface area (Å²) in [5, 5.41) is 1.44. The van der Waals surface area contributed by atoms with Crippen molar-refractivity contribution in [1.82, 2.24) is 4.98 Å². The van der Waals surface area contributed by atoms with Crippen LogP contribution in [0.15, 0.2) is 72.9 Å². The highest BCUT2D eigenvalue weighted by Gasteiger charge is 2.12. The minimum Gasteiger partial charge on any atom is -0.493 e. The molecular formula is C25H20ClNO4. The number of carbonyl (C=O) groups excluding carboxylic acids is 1. The van der Waals surface area contributed by atoms with E-state index in [1.807, 2.05) is 18.2 Å². The number of aromatic nitrogens is 1. The summed E-state index contributed by atoms with van der Waals surface area (Å²) in [6, 6.07) is 19.8. The summed E-state index contributed by atoms with van der Waals surface area (Å²) in [6.07, 6.45) is 1.99. The van der Waals surface area contributed by atoms with Crippen LogP contribution >= 0.6 is 11.6 Å². The Labute approximate surface area is 185 Å². The molecule has 31 heavy (non-hydrogen) atoms. The molecule has 0 saturated heterocycles. The van der Waals surface area contributed by atoms with Crippen LogP contribution in [0.3, 0.4) is 0 Å². The first-order chi connectivity index (χ1) is 15.1. The second-order valence-electron chi connectivity index (χ2n) is 6.89. The zero-order valence-corrected chi connectivity index (χ0v) is 17.8. The number of halogens is 1. The highest BCUT2D eigenvalue weighted by molar-refractivity contribution is 6.30. The Kier molecular flexibility index (Phi) is 6.05. The van der Waals surface area contributed by atoms with Crippen molar-refractivity contribution in [3.05, 3.63) is 89.1 Å². The van der Waals surface area contributed by atoms with Crippen molar-refractivity contribution in [2.75, 3.05) is 14.2 Å². The lowest BCUT2D eigenvalue weighted by Crippen LogP contribution is -2.03. The van der Waals surface area contributed by atoms with Crippen LogP contribution in [0.5, 0.6) is 23.0 Å². The van der Waals surface area contributed by atoms with Crippen LogP contribution in [-0.2, 0) is 6.42 Å². The lowest BCUT2D eigenvalue weighted by molar-refractivity contribution is 0.0993. The predicted octanol–water partition coefficient (Wildman–Crippen LogP) is 6.12. The van der Waals surface area contributed by atoms with E-state index in [4.69, 9.17) is 25.8 Å². The quantitative estimate of drug-likeness (QED) is 0.328. The first-order valence-electron chi connectivity index (χ1n) is 9.63. The van der Waals surface area contributed by atoms with Crippen molar-refractivity contribution in [3.8, 4) is 23.0 Å². The molecule has 0 spiro atoms. The standard InChI is InChI=1S/C25H20ClNO4/c1-29-24-14-20-21(15-25(24)30-2)27-12-11-23(20)31-19-9-5-17(6-10-19)22(28)13-16-3-7-18(26)8-4-16/h3-12,14-15H,13H2,1-2H3. The summed E-state index contributed by atoms with van der Waals surface area (Å²) in [4.78, 5) is 16.9. The van der Waals surface area contributed by atoms with Crippen molar-refractivity contribution in [3.63, 3.8) is 0 Å². The van der Waals surface area contributed by atoms with Crippen LogP contribution < -0.4 is 14.2 Å². The SMILES string of the molecule is COc1cc2nccc(Oc3ccc(C(=O)Cc4ccc(Cl)cc4)cc3)c2cc1OC. The molecule has 0 fully saturated rings. The zero-order valence-electron chi connectivity index (χ0n) is 17.1. The molecule has 0 aliphatic carbocycles. The number of hydrogen-bond donors (Lipinski definition) is 0. The normalized spacial score (nSPS) is 10.7. The van der Waals surface area contributed by atoms with E-state index in [9.17, 15) is 4.79 Å². The van der Waals surface area contributed by atoms with Crippen molar-refractivity contribution in [1.29, 1.82) is 0 Å². The molecule has 0 radical (unpaired) electrons. The molecule has 6 heteroatoms. The average Bonchev–Trinajstić information content (AvgIpc) is 2.80. The molecule has 1 aromatic heterocycles. The summed E-state index contributed by atoms with van der Waals surface area (Å²) in [5.74, 6) is 2.47.